The van der Waals surface area contributed by atoms with Crippen molar-refractivity contribution in [1.29, 1.82) is 0 Å². The second-order valence-corrected chi connectivity index (χ2v) is 18.4. The summed E-state index contributed by atoms with van der Waals surface area (Å²) in [6.07, 6.45) is 18.5. The summed E-state index contributed by atoms with van der Waals surface area (Å²) in [4.78, 5) is 105. The Kier molecular flexibility index (Phi) is 43.0. The zero-order valence-electron chi connectivity index (χ0n) is 44.1. The van der Waals surface area contributed by atoms with Gasteiger partial charge in [0.25, 0.3) is 0 Å². The third-order valence-electron chi connectivity index (χ3n) is 11.3. The van der Waals surface area contributed by atoms with Crippen LogP contribution in [0.2, 0.25) is 0 Å². The van der Waals surface area contributed by atoms with Gasteiger partial charge in [0.2, 0.25) is 11.5 Å². The Morgan fingerprint density at radius 1 is 0.371 bits per heavy atom. The highest BCUT2D eigenvalue weighted by Gasteiger charge is 2.49. The van der Waals surface area contributed by atoms with Crippen LogP contribution in [0.1, 0.15) is 220 Å². The van der Waals surface area contributed by atoms with E-state index in [1.807, 2.05) is 19.0 Å². The Bertz CT molecular complexity index is 1370. The van der Waals surface area contributed by atoms with Crippen molar-refractivity contribution in [2.24, 2.45) is 0 Å². The Labute approximate surface area is 420 Å². The van der Waals surface area contributed by atoms with Crippen LogP contribution >= 0.6 is 0 Å². The van der Waals surface area contributed by atoms with Crippen LogP contribution in [0, 0.1) is 0 Å². The number of carbonyl (C=O) groups is 8. The Morgan fingerprint density at radius 2 is 0.700 bits per heavy atom. The van der Waals surface area contributed by atoms with Crippen molar-refractivity contribution in [3.05, 3.63) is 0 Å². The molecule has 17 heteroatoms. The molecule has 0 rings (SSSR count). The fourth-order valence-electron chi connectivity index (χ4n) is 7.09. The minimum atomic E-state index is -2.48. The molecule has 0 aromatic heterocycles. The highest BCUT2D eigenvalue weighted by Crippen LogP contribution is 2.27. The standard InChI is InChI=1S/C53H94N2O15/c1-6-9-12-15-21-30-46(57)64-37-24-18-27-40-67-50(61)43-53(70-49(60)34-33-45(56)54-35-36-55(4)5,52(63)69-42-29-20-26-39-66-48(59)32-23-17-14-11-8-3)44-51(62)68-41-28-19-25-38-65-47(58)31-22-16-13-10-7-2/h6-44H2,1-5H3,(H,54,56). The van der Waals surface area contributed by atoms with E-state index in [2.05, 4.69) is 26.1 Å². The molecule has 70 heavy (non-hydrogen) atoms. The van der Waals surface area contributed by atoms with Crippen molar-refractivity contribution in [1.82, 2.24) is 10.2 Å². The van der Waals surface area contributed by atoms with Crippen LogP contribution in [0.3, 0.4) is 0 Å². The van der Waals surface area contributed by atoms with Gasteiger partial charge >= 0.3 is 41.8 Å². The molecule has 17 nitrogen and oxygen atoms in total. The van der Waals surface area contributed by atoms with Gasteiger partial charge in [0.05, 0.1) is 58.9 Å². The maximum Gasteiger partial charge on any atom is 0.351 e. The molecule has 0 spiro atoms. The number of nitrogens with one attached hydrogen (secondary N) is 1. The fourth-order valence-corrected chi connectivity index (χ4v) is 7.09. The van der Waals surface area contributed by atoms with Crippen LogP contribution in [-0.4, -0.2) is 125 Å². The third kappa shape index (κ3) is 40.4. The molecule has 0 saturated carbocycles. The molecule has 0 aliphatic carbocycles. The number of rotatable bonds is 48. The number of unbranched alkanes of at least 4 members (excludes halogenated alkanes) is 18. The highest BCUT2D eigenvalue weighted by atomic mass is 16.6. The van der Waals surface area contributed by atoms with Crippen LogP contribution in [0.4, 0.5) is 0 Å². The van der Waals surface area contributed by atoms with E-state index in [-0.39, 0.29) is 64.0 Å². The second kappa shape index (κ2) is 45.8. The molecule has 1 N–H and O–H groups in total. The van der Waals surface area contributed by atoms with Crippen molar-refractivity contribution < 1.29 is 71.5 Å². The van der Waals surface area contributed by atoms with Crippen molar-refractivity contribution in [2.75, 3.05) is 66.8 Å². The first-order chi connectivity index (χ1) is 33.8. The zero-order chi connectivity index (χ0) is 51.9. The molecular formula is C53H94N2O15. The molecule has 0 bridgehead atoms. The van der Waals surface area contributed by atoms with Crippen molar-refractivity contribution >= 4 is 47.7 Å². The molecule has 0 aromatic rings. The van der Waals surface area contributed by atoms with E-state index in [9.17, 15) is 38.4 Å². The zero-order valence-corrected chi connectivity index (χ0v) is 44.1. The predicted octanol–water partition coefficient (Wildman–Crippen LogP) is 9.36. The predicted molar refractivity (Wildman–Crippen MR) is 266 cm³/mol. The van der Waals surface area contributed by atoms with Gasteiger partial charge in [-0.3, -0.25) is 33.6 Å². The van der Waals surface area contributed by atoms with Crippen molar-refractivity contribution in [3.8, 4) is 0 Å². The summed E-state index contributed by atoms with van der Waals surface area (Å²) >= 11 is 0. The van der Waals surface area contributed by atoms with E-state index in [0.29, 0.717) is 90.1 Å². The number of carbonyl (C=O) groups excluding carboxylic acids is 8. The number of likely N-dealkylation sites (N-methyl/N-ethyl adjacent to an activating group) is 1. The third-order valence-corrected chi connectivity index (χ3v) is 11.3. The molecular weight excluding hydrogens is 905 g/mol. The fraction of sp³-hybridized carbons (Fsp3) is 0.849. The Balaban J connectivity index is 5.70. The summed E-state index contributed by atoms with van der Waals surface area (Å²) < 4.78 is 38.2. The summed E-state index contributed by atoms with van der Waals surface area (Å²) in [5, 5.41) is 2.71. The smallest absolute Gasteiger partial charge is 0.351 e. The highest BCUT2D eigenvalue weighted by molar-refractivity contribution is 5.93. The van der Waals surface area contributed by atoms with E-state index >= 15 is 0 Å². The Hall–Kier alpha value is -4.28. The summed E-state index contributed by atoms with van der Waals surface area (Å²) in [6, 6.07) is 0. The SMILES string of the molecule is CCCCCCCC(=O)OCCCCCOC(=O)CC(CC(=O)OCCCCCOC(=O)CCCCCCC)(OC(=O)CCC(=O)NCCN(C)C)C(=O)OCCCCCOC(=O)CCCCCCC. The first-order valence-corrected chi connectivity index (χ1v) is 26.9. The minimum absolute atomic E-state index is 0.0570. The van der Waals surface area contributed by atoms with Gasteiger partial charge in [-0.05, 0) is 91.1 Å². The van der Waals surface area contributed by atoms with E-state index in [1.165, 1.54) is 0 Å². The lowest BCUT2D eigenvalue weighted by molar-refractivity contribution is -0.191. The lowest BCUT2D eigenvalue weighted by Gasteiger charge is -2.30. The quantitative estimate of drug-likeness (QED) is 0.0341. The van der Waals surface area contributed by atoms with Crippen molar-refractivity contribution in [2.45, 2.75) is 225 Å². The monoisotopic (exact) mass is 999 g/mol. The lowest BCUT2D eigenvalue weighted by Crippen LogP contribution is -2.49. The normalized spacial score (nSPS) is 11.2. The molecule has 0 radical (unpaired) electrons. The van der Waals surface area contributed by atoms with Gasteiger partial charge in [-0.15, -0.1) is 0 Å². The first kappa shape index (κ1) is 65.7. The van der Waals surface area contributed by atoms with Gasteiger partial charge in [-0.1, -0.05) is 97.8 Å². The largest absolute Gasteiger partial charge is 0.466 e. The second-order valence-electron chi connectivity index (χ2n) is 18.4. The van der Waals surface area contributed by atoms with Gasteiger partial charge in [0, 0.05) is 38.8 Å². The van der Waals surface area contributed by atoms with Crippen LogP contribution in [0.5, 0.6) is 0 Å². The van der Waals surface area contributed by atoms with E-state index in [1.54, 1.807) is 0 Å². The van der Waals surface area contributed by atoms with Crippen LogP contribution in [-0.2, 0) is 71.5 Å². The average Bonchev–Trinajstić information content (AvgIpc) is 3.31. The van der Waals surface area contributed by atoms with Gasteiger partial charge < -0.3 is 43.4 Å². The van der Waals surface area contributed by atoms with Crippen molar-refractivity contribution in [3.63, 3.8) is 0 Å². The minimum Gasteiger partial charge on any atom is -0.466 e. The molecule has 0 aliphatic rings. The first-order valence-electron chi connectivity index (χ1n) is 26.9. The number of nitrogens with zero attached hydrogens (tertiary/aromatic N) is 1. The number of hydrogen-bond donors (Lipinski definition) is 1. The van der Waals surface area contributed by atoms with Crippen LogP contribution in [0.15, 0.2) is 0 Å². The number of ether oxygens (including phenoxy) is 7. The van der Waals surface area contributed by atoms with E-state index in [4.69, 9.17) is 33.2 Å². The maximum absolute atomic E-state index is 14.0. The number of amides is 1. The lowest BCUT2D eigenvalue weighted by atomic mass is 9.94. The maximum atomic E-state index is 14.0. The molecule has 0 unspecified atom stereocenters. The topological polar surface area (TPSA) is 216 Å². The van der Waals surface area contributed by atoms with Gasteiger partial charge in [-0.25, -0.2) is 4.79 Å². The molecule has 1 amide bonds. The molecule has 0 heterocycles. The molecule has 0 saturated heterocycles. The molecule has 0 aliphatic heterocycles. The summed E-state index contributed by atoms with van der Waals surface area (Å²) in [5.41, 5.74) is -2.48. The number of esters is 7. The number of hydrogen-bond acceptors (Lipinski definition) is 16. The summed E-state index contributed by atoms with van der Waals surface area (Å²) in [6.45, 7) is 7.71. The Morgan fingerprint density at radius 3 is 1.06 bits per heavy atom. The molecule has 406 valence electrons. The van der Waals surface area contributed by atoms with Crippen LogP contribution in [0.25, 0.3) is 0 Å². The summed E-state index contributed by atoms with van der Waals surface area (Å²) in [7, 11) is 3.70. The summed E-state index contributed by atoms with van der Waals surface area (Å²) in [5.74, 6) is -5.21. The van der Waals surface area contributed by atoms with Gasteiger partial charge in [0.15, 0.2) is 0 Å². The molecule has 0 atom stereocenters. The van der Waals surface area contributed by atoms with Gasteiger partial charge in [-0.2, -0.15) is 0 Å². The van der Waals surface area contributed by atoms with Crippen LogP contribution < -0.4 is 5.32 Å². The molecule has 0 aromatic carbocycles. The van der Waals surface area contributed by atoms with Gasteiger partial charge in [0.1, 0.15) is 0 Å². The van der Waals surface area contributed by atoms with E-state index < -0.39 is 54.6 Å². The van der Waals surface area contributed by atoms with E-state index in [0.717, 1.165) is 96.3 Å². The molecule has 0 fully saturated rings. The average molecular weight is 999 g/mol.